The molecule has 0 aliphatic carbocycles. The molecule has 0 amide bonds. The van der Waals surface area contributed by atoms with Crippen molar-refractivity contribution >= 4 is 0 Å². The zero-order chi connectivity index (χ0) is 13.4. The van der Waals surface area contributed by atoms with Crippen LogP contribution in [0.25, 0.3) is 11.1 Å². The van der Waals surface area contributed by atoms with Crippen LogP contribution in [-0.2, 0) is 0 Å². The van der Waals surface area contributed by atoms with E-state index in [2.05, 4.69) is 0 Å². The topological polar surface area (TPSA) is 60.7 Å². The minimum absolute atomic E-state index is 0.0283. The van der Waals surface area contributed by atoms with Gasteiger partial charge in [0, 0.05) is 11.1 Å². The average molecular weight is 244 g/mol. The van der Waals surface area contributed by atoms with Gasteiger partial charge >= 0.3 is 0 Å². The van der Waals surface area contributed by atoms with E-state index in [-0.39, 0.29) is 22.8 Å². The van der Waals surface area contributed by atoms with Crippen molar-refractivity contribution in [1.29, 1.82) is 0 Å². The number of hydrogen-bond donors (Lipinski definition) is 3. The summed E-state index contributed by atoms with van der Waals surface area (Å²) in [6.45, 7) is 5.47. The van der Waals surface area contributed by atoms with Crippen molar-refractivity contribution < 1.29 is 15.3 Å². The maximum atomic E-state index is 9.98. The van der Waals surface area contributed by atoms with Gasteiger partial charge in [-0.25, -0.2) is 0 Å². The molecule has 0 unspecified atom stereocenters. The summed E-state index contributed by atoms with van der Waals surface area (Å²) < 4.78 is 0. The van der Waals surface area contributed by atoms with Gasteiger partial charge in [-0.2, -0.15) is 0 Å². The highest BCUT2D eigenvalue weighted by Crippen LogP contribution is 2.43. The highest BCUT2D eigenvalue weighted by Gasteiger charge is 2.15. The normalized spacial score (nSPS) is 10.6. The largest absolute Gasteiger partial charge is 0.508 e. The van der Waals surface area contributed by atoms with Crippen molar-refractivity contribution in [2.24, 2.45) is 0 Å². The third-order valence-electron chi connectivity index (χ3n) is 3.03. The molecule has 0 fully saturated rings. The van der Waals surface area contributed by atoms with Gasteiger partial charge in [-0.1, -0.05) is 29.3 Å². The van der Waals surface area contributed by atoms with E-state index in [1.54, 1.807) is 6.92 Å². The van der Waals surface area contributed by atoms with Gasteiger partial charge < -0.3 is 15.3 Å². The Hall–Kier alpha value is -2.16. The molecule has 0 saturated carbocycles. The van der Waals surface area contributed by atoms with Crippen LogP contribution in [0, 0.1) is 20.8 Å². The fraction of sp³-hybridized carbons (Fsp3) is 0.200. The predicted molar refractivity (Wildman–Crippen MR) is 71.1 cm³/mol. The molecule has 2 aromatic carbocycles. The van der Waals surface area contributed by atoms with E-state index >= 15 is 0 Å². The van der Waals surface area contributed by atoms with Crippen molar-refractivity contribution in [3.8, 4) is 28.4 Å². The van der Waals surface area contributed by atoms with E-state index in [4.69, 9.17) is 0 Å². The van der Waals surface area contributed by atoms with E-state index < -0.39 is 0 Å². The van der Waals surface area contributed by atoms with Crippen LogP contribution >= 0.6 is 0 Å². The maximum absolute atomic E-state index is 9.98. The van der Waals surface area contributed by atoms with Crippen LogP contribution in [0.2, 0.25) is 0 Å². The maximum Gasteiger partial charge on any atom is 0.165 e. The number of hydrogen-bond acceptors (Lipinski definition) is 3. The fourth-order valence-corrected chi connectivity index (χ4v) is 2.09. The molecule has 0 atom stereocenters. The Kier molecular flexibility index (Phi) is 2.91. The lowest BCUT2D eigenvalue weighted by atomic mass is 9.98. The molecule has 0 radical (unpaired) electrons. The lowest BCUT2D eigenvalue weighted by molar-refractivity contribution is 0.394. The van der Waals surface area contributed by atoms with Crippen LogP contribution < -0.4 is 0 Å². The summed E-state index contributed by atoms with van der Waals surface area (Å²) in [5.74, 6) is -0.501. The Balaban J connectivity index is 2.71. The number of rotatable bonds is 1. The van der Waals surface area contributed by atoms with E-state index in [9.17, 15) is 15.3 Å². The summed E-state index contributed by atoms with van der Waals surface area (Å²) in [5.41, 5.74) is 3.60. The van der Waals surface area contributed by atoms with Gasteiger partial charge in [0.15, 0.2) is 11.5 Å². The first kappa shape index (κ1) is 12.3. The molecule has 0 aromatic heterocycles. The van der Waals surface area contributed by atoms with Crippen LogP contribution in [0.1, 0.15) is 16.7 Å². The molecular weight excluding hydrogens is 228 g/mol. The highest BCUT2D eigenvalue weighted by molar-refractivity contribution is 5.77. The minimum atomic E-state index is -0.274. The molecule has 3 heteroatoms. The summed E-state index contributed by atoms with van der Waals surface area (Å²) in [6, 6.07) is 7.29. The van der Waals surface area contributed by atoms with Crippen LogP contribution in [0.4, 0.5) is 0 Å². The number of aromatic hydroxyl groups is 3. The smallest absolute Gasteiger partial charge is 0.165 e. The molecule has 0 heterocycles. The molecule has 18 heavy (non-hydrogen) atoms. The van der Waals surface area contributed by atoms with Crippen molar-refractivity contribution in [3.05, 3.63) is 41.0 Å². The van der Waals surface area contributed by atoms with Crippen LogP contribution in [0.5, 0.6) is 17.2 Å². The first-order chi connectivity index (χ1) is 8.40. The standard InChI is InChI=1S/C15H16O3/c1-8-4-9(2)6-11(5-8)12-7-13(16)10(3)14(17)15(12)18/h4-7,16-18H,1-3H3. The van der Waals surface area contributed by atoms with Gasteiger partial charge in [-0.15, -0.1) is 0 Å². The predicted octanol–water partition coefficient (Wildman–Crippen LogP) is 3.40. The first-order valence-electron chi connectivity index (χ1n) is 5.73. The second-order valence-electron chi connectivity index (χ2n) is 4.64. The van der Waals surface area contributed by atoms with Crippen molar-refractivity contribution in [2.75, 3.05) is 0 Å². The monoisotopic (exact) mass is 244 g/mol. The zero-order valence-electron chi connectivity index (χ0n) is 10.7. The first-order valence-corrected chi connectivity index (χ1v) is 5.73. The van der Waals surface area contributed by atoms with Gasteiger partial charge in [0.05, 0.1) is 0 Å². The molecule has 2 aromatic rings. The van der Waals surface area contributed by atoms with Crippen molar-refractivity contribution in [1.82, 2.24) is 0 Å². The molecular formula is C15H16O3. The summed E-state index contributed by atoms with van der Waals surface area (Å²) in [7, 11) is 0. The Morgan fingerprint density at radius 1 is 0.722 bits per heavy atom. The molecule has 3 nitrogen and oxygen atoms in total. The van der Waals surface area contributed by atoms with E-state index in [1.165, 1.54) is 6.07 Å². The van der Waals surface area contributed by atoms with Gasteiger partial charge in [-0.05, 0) is 32.4 Å². The molecule has 3 N–H and O–H groups in total. The van der Waals surface area contributed by atoms with Crippen molar-refractivity contribution in [2.45, 2.75) is 20.8 Å². The van der Waals surface area contributed by atoms with Gasteiger partial charge in [0.1, 0.15) is 5.75 Å². The lowest BCUT2D eigenvalue weighted by Gasteiger charge is -2.12. The second kappa shape index (κ2) is 4.26. The number of benzene rings is 2. The Labute approximate surface area is 106 Å². The summed E-state index contributed by atoms with van der Waals surface area (Å²) in [6.07, 6.45) is 0. The zero-order valence-corrected chi connectivity index (χ0v) is 10.7. The second-order valence-corrected chi connectivity index (χ2v) is 4.64. The quantitative estimate of drug-likeness (QED) is 0.532. The minimum Gasteiger partial charge on any atom is -0.508 e. The summed E-state index contributed by atoms with van der Waals surface area (Å²) in [4.78, 5) is 0. The third kappa shape index (κ3) is 1.99. The lowest BCUT2D eigenvalue weighted by Crippen LogP contribution is -1.86. The Morgan fingerprint density at radius 2 is 1.28 bits per heavy atom. The molecule has 0 spiro atoms. The van der Waals surface area contributed by atoms with Crippen LogP contribution in [0.15, 0.2) is 24.3 Å². The number of aryl methyl sites for hydroxylation is 2. The average Bonchev–Trinajstić information content (AvgIpc) is 2.30. The number of phenols is 3. The highest BCUT2D eigenvalue weighted by atomic mass is 16.3. The molecule has 0 aliphatic rings. The van der Waals surface area contributed by atoms with E-state index in [0.717, 1.165) is 16.7 Å². The number of phenolic OH excluding ortho intramolecular Hbond substituents is 3. The summed E-state index contributed by atoms with van der Waals surface area (Å²) >= 11 is 0. The third-order valence-corrected chi connectivity index (χ3v) is 3.03. The van der Waals surface area contributed by atoms with Gasteiger partial charge in [0.2, 0.25) is 0 Å². The Bertz CT molecular complexity index is 595. The molecule has 0 saturated heterocycles. The van der Waals surface area contributed by atoms with Gasteiger partial charge in [0.25, 0.3) is 0 Å². The molecule has 0 aliphatic heterocycles. The van der Waals surface area contributed by atoms with E-state index in [1.807, 2.05) is 32.0 Å². The van der Waals surface area contributed by atoms with Crippen LogP contribution in [-0.4, -0.2) is 15.3 Å². The summed E-state index contributed by atoms with van der Waals surface area (Å²) in [5, 5.41) is 29.5. The van der Waals surface area contributed by atoms with E-state index in [0.29, 0.717) is 5.56 Å². The fourth-order valence-electron chi connectivity index (χ4n) is 2.09. The SMILES string of the molecule is Cc1cc(C)cc(-c2cc(O)c(C)c(O)c2O)c1. The molecule has 0 bridgehead atoms. The molecule has 94 valence electrons. The molecule has 2 rings (SSSR count). The van der Waals surface area contributed by atoms with Crippen LogP contribution in [0.3, 0.4) is 0 Å². The Morgan fingerprint density at radius 3 is 1.83 bits per heavy atom. The van der Waals surface area contributed by atoms with Gasteiger partial charge in [-0.3, -0.25) is 0 Å². The van der Waals surface area contributed by atoms with Crippen molar-refractivity contribution in [3.63, 3.8) is 0 Å².